The average molecular weight is 617 g/mol. The number of hydrogen-bond acceptors (Lipinski definition) is 10. The summed E-state index contributed by atoms with van der Waals surface area (Å²) in [5.41, 5.74) is 1.42. The second kappa shape index (κ2) is 12.5. The zero-order valence-electron chi connectivity index (χ0n) is 24.6. The number of amides is 1. The van der Waals surface area contributed by atoms with E-state index in [-0.39, 0.29) is 11.3 Å². The molecule has 0 aliphatic carbocycles. The molecule has 0 spiro atoms. The molecular formula is C33H32N2O8S. The van der Waals surface area contributed by atoms with E-state index in [1.165, 1.54) is 23.3 Å². The molecule has 6 rings (SSSR count). The molecule has 1 N–H and O–H groups in total. The minimum atomic E-state index is -1.01. The van der Waals surface area contributed by atoms with Crippen molar-refractivity contribution in [2.75, 3.05) is 38.9 Å². The minimum absolute atomic E-state index is 0.0813. The number of carbonyl (C=O) groups excluding carboxylic acids is 2. The molecule has 11 heteroatoms. The third-order valence-electron chi connectivity index (χ3n) is 7.56. The van der Waals surface area contributed by atoms with E-state index in [1.807, 2.05) is 6.07 Å². The summed E-state index contributed by atoms with van der Waals surface area (Å²) in [6.07, 6.45) is 3.02. The first-order chi connectivity index (χ1) is 21.4. The van der Waals surface area contributed by atoms with Gasteiger partial charge in [-0.15, -0.1) is 0 Å². The van der Waals surface area contributed by atoms with Gasteiger partial charge in [0.25, 0.3) is 5.78 Å². The molecule has 44 heavy (non-hydrogen) atoms. The lowest BCUT2D eigenvalue weighted by Crippen LogP contribution is -2.29. The Balaban J connectivity index is 1.48. The number of ketones is 1. The molecule has 0 bridgehead atoms. The molecule has 3 aromatic carbocycles. The van der Waals surface area contributed by atoms with E-state index in [9.17, 15) is 14.7 Å². The number of Topliss-reactive ketones (excluding diaryl/α,β-unsaturated/α-hetero) is 1. The summed E-state index contributed by atoms with van der Waals surface area (Å²) in [6, 6.07) is 14.6. The van der Waals surface area contributed by atoms with E-state index in [0.29, 0.717) is 70.3 Å². The first-order valence-corrected chi connectivity index (χ1v) is 15.2. The van der Waals surface area contributed by atoms with E-state index >= 15 is 0 Å². The summed E-state index contributed by atoms with van der Waals surface area (Å²) in [6.45, 7) is 3.42. The molecule has 1 atom stereocenters. The minimum Gasteiger partial charge on any atom is -0.507 e. The summed E-state index contributed by atoms with van der Waals surface area (Å²) in [5, 5.41) is 12.0. The summed E-state index contributed by atoms with van der Waals surface area (Å²) < 4.78 is 29.1. The zero-order chi connectivity index (χ0) is 30.8. The number of hydrogen-bond donors (Lipinski definition) is 1. The van der Waals surface area contributed by atoms with Crippen molar-refractivity contribution >= 4 is 44.1 Å². The standard InChI is InChI=1S/C33H32N2O8S/c1-4-5-6-13-41-23-11-7-19(16-25(23)40-3)29-28(30(36)20-8-12-24-26(17-20)43-15-14-42-24)31(37)32(38)35(29)33-34-22-10-9-21(39-2)18-27(22)44-33/h7-12,16-18,29,36H,4-6,13-15H2,1-3H3/b30-28+/t29-/m1/s1. The SMILES string of the molecule is CCCCCOc1ccc([C@@H]2/C(=C(\O)c3ccc4c(c3)OCCO4)C(=O)C(=O)N2c2nc3ccc(OC)cc3s2)cc1OC. The van der Waals surface area contributed by atoms with Gasteiger partial charge in [-0.05, 0) is 60.5 Å². The van der Waals surface area contributed by atoms with Gasteiger partial charge in [0.1, 0.15) is 24.7 Å². The normalized spacial score (nSPS) is 17.2. The first-order valence-electron chi connectivity index (χ1n) is 14.4. The molecule has 2 aliphatic rings. The van der Waals surface area contributed by atoms with Gasteiger partial charge >= 0.3 is 5.91 Å². The Morgan fingerprint density at radius 2 is 1.80 bits per heavy atom. The van der Waals surface area contributed by atoms with Gasteiger partial charge in [0, 0.05) is 5.56 Å². The van der Waals surface area contributed by atoms with Crippen LogP contribution >= 0.6 is 11.3 Å². The molecule has 3 heterocycles. The van der Waals surface area contributed by atoms with Crippen LogP contribution in [-0.2, 0) is 9.59 Å². The number of benzene rings is 3. The lowest BCUT2D eigenvalue weighted by atomic mass is 9.95. The summed E-state index contributed by atoms with van der Waals surface area (Å²) in [5.74, 6) is 0.628. The van der Waals surface area contributed by atoms with Gasteiger partial charge in [-0.1, -0.05) is 37.2 Å². The molecule has 1 amide bonds. The van der Waals surface area contributed by atoms with Crippen molar-refractivity contribution in [1.82, 2.24) is 4.98 Å². The van der Waals surface area contributed by atoms with Crippen molar-refractivity contribution in [3.63, 3.8) is 0 Å². The van der Waals surface area contributed by atoms with E-state index in [4.69, 9.17) is 28.7 Å². The van der Waals surface area contributed by atoms with Gasteiger partial charge in [-0.25, -0.2) is 4.98 Å². The molecule has 0 radical (unpaired) electrons. The second-order valence-corrected chi connectivity index (χ2v) is 11.3. The van der Waals surface area contributed by atoms with Crippen LogP contribution in [0.5, 0.6) is 28.7 Å². The predicted molar refractivity (Wildman–Crippen MR) is 166 cm³/mol. The Morgan fingerprint density at radius 1 is 0.977 bits per heavy atom. The highest BCUT2D eigenvalue weighted by atomic mass is 32.1. The van der Waals surface area contributed by atoms with Crippen molar-refractivity contribution in [2.24, 2.45) is 0 Å². The van der Waals surface area contributed by atoms with E-state index in [2.05, 4.69) is 6.92 Å². The third-order valence-corrected chi connectivity index (χ3v) is 8.58. The predicted octanol–water partition coefficient (Wildman–Crippen LogP) is 6.28. The summed E-state index contributed by atoms with van der Waals surface area (Å²) in [4.78, 5) is 33.5. The average Bonchev–Trinajstić information content (AvgIpc) is 3.59. The molecule has 10 nitrogen and oxygen atoms in total. The van der Waals surface area contributed by atoms with Gasteiger partial charge in [0.05, 0.1) is 42.7 Å². The van der Waals surface area contributed by atoms with Gasteiger partial charge in [0.15, 0.2) is 28.1 Å². The highest BCUT2D eigenvalue weighted by Crippen LogP contribution is 2.46. The highest BCUT2D eigenvalue weighted by molar-refractivity contribution is 7.22. The van der Waals surface area contributed by atoms with Crippen molar-refractivity contribution in [3.05, 3.63) is 71.3 Å². The Kier molecular flexibility index (Phi) is 8.30. The highest BCUT2D eigenvalue weighted by Gasteiger charge is 2.48. The molecule has 0 saturated carbocycles. The third kappa shape index (κ3) is 5.39. The Bertz CT molecular complexity index is 1760. The quantitative estimate of drug-likeness (QED) is 0.0951. The number of fused-ring (bicyclic) bond motifs is 2. The van der Waals surface area contributed by atoms with E-state index < -0.39 is 17.7 Å². The van der Waals surface area contributed by atoms with Crippen LogP contribution in [0.4, 0.5) is 5.13 Å². The van der Waals surface area contributed by atoms with E-state index in [0.717, 1.165) is 24.0 Å². The smallest absolute Gasteiger partial charge is 0.301 e. The number of unbranched alkanes of at least 4 members (excludes halogenated alkanes) is 2. The number of ether oxygens (including phenoxy) is 5. The van der Waals surface area contributed by atoms with Crippen molar-refractivity contribution < 1.29 is 38.4 Å². The molecule has 1 saturated heterocycles. The zero-order valence-corrected chi connectivity index (χ0v) is 25.4. The van der Waals surface area contributed by atoms with Crippen molar-refractivity contribution in [3.8, 4) is 28.7 Å². The molecule has 1 aromatic heterocycles. The number of rotatable bonds is 10. The lowest BCUT2D eigenvalue weighted by molar-refractivity contribution is -0.132. The van der Waals surface area contributed by atoms with Crippen molar-refractivity contribution in [2.45, 2.75) is 32.2 Å². The maximum absolute atomic E-state index is 13.8. The second-order valence-electron chi connectivity index (χ2n) is 10.3. The molecule has 2 aliphatic heterocycles. The Morgan fingerprint density at radius 3 is 2.57 bits per heavy atom. The molecule has 4 aromatic rings. The summed E-state index contributed by atoms with van der Waals surface area (Å²) in [7, 11) is 3.11. The van der Waals surface area contributed by atoms with Crippen LogP contribution in [0.25, 0.3) is 16.0 Å². The molecule has 228 valence electrons. The molecule has 0 unspecified atom stereocenters. The van der Waals surface area contributed by atoms with Crippen molar-refractivity contribution in [1.29, 1.82) is 0 Å². The fourth-order valence-electron chi connectivity index (χ4n) is 5.32. The molecule has 1 fully saturated rings. The molecular weight excluding hydrogens is 584 g/mol. The van der Waals surface area contributed by atoms with Crippen LogP contribution in [0.1, 0.15) is 43.4 Å². The number of anilines is 1. The fraction of sp³-hybridized carbons (Fsp3) is 0.303. The maximum Gasteiger partial charge on any atom is 0.301 e. The van der Waals surface area contributed by atoms with Crippen LogP contribution in [0.3, 0.4) is 0 Å². The first kappa shape index (κ1) is 29.3. The number of thiazole rings is 1. The Labute approximate surface area is 258 Å². The van der Waals surface area contributed by atoms with E-state index in [1.54, 1.807) is 55.6 Å². The van der Waals surface area contributed by atoms with Gasteiger partial charge in [0.2, 0.25) is 0 Å². The fourth-order valence-corrected chi connectivity index (χ4v) is 6.34. The number of aliphatic hydroxyl groups excluding tert-OH is 1. The van der Waals surface area contributed by atoms with Crippen LogP contribution < -0.4 is 28.6 Å². The van der Waals surface area contributed by atoms with Crippen LogP contribution in [0.15, 0.2) is 60.2 Å². The lowest BCUT2D eigenvalue weighted by Gasteiger charge is -2.24. The number of aliphatic hydroxyl groups is 1. The van der Waals surface area contributed by atoms with Crippen LogP contribution in [0.2, 0.25) is 0 Å². The Hall–Kier alpha value is -4.77. The number of methoxy groups -OCH3 is 2. The maximum atomic E-state index is 13.8. The van der Waals surface area contributed by atoms with Crippen LogP contribution in [0, 0.1) is 0 Å². The summed E-state index contributed by atoms with van der Waals surface area (Å²) >= 11 is 1.25. The van der Waals surface area contributed by atoms with Gasteiger partial charge in [-0.3, -0.25) is 14.5 Å². The van der Waals surface area contributed by atoms with Gasteiger partial charge in [-0.2, -0.15) is 0 Å². The number of nitrogens with zero attached hydrogens (tertiary/aromatic N) is 2. The number of carbonyl (C=O) groups is 2. The monoisotopic (exact) mass is 616 g/mol. The largest absolute Gasteiger partial charge is 0.507 e. The van der Waals surface area contributed by atoms with Gasteiger partial charge < -0.3 is 28.8 Å². The topological polar surface area (TPSA) is 117 Å². The number of aromatic nitrogens is 1. The van der Waals surface area contributed by atoms with Crippen LogP contribution in [-0.4, -0.2) is 55.8 Å².